The lowest BCUT2D eigenvalue weighted by molar-refractivity contribution is 0.627. The van der Waals surface area contributed by atoms with E-state index in [1.807, 2.05) is 18.2 Å². The van der Waals surface area contributed by atoms with Gasteiger partial charge in [-0.05, 0) is 42.5 Å². The molecule has 0 saturated carbocycles. The Morgan fingerprint density at radius 3 is 2.56 bits per heavy atom. The average Bonchev–Trinajstić information content (AvgIpc) is 2.65. The number of fused-ring (bicyclic) bond motifs is 1. The molecule has 2 N–H and O–H groups in total. The van der Waals surface area contributed by atoms with Gasteiger partial charge in [-0.3, -0.25) is 4.57 Å². The summed E-state index contributed by atoms with van der Waals surface area (Å²) in [5.74, 6) is 0.110. The number of nitrogen functional groups attached to an aromatic ring is 1. The predicted molar refractivity (Wildman–Crippen MR) is 73.1 cm³/mol. The number of imidazole rings is 1. The van der Waals surface area contributed by atoms with Gasteiger partial charge in [0.25, 0.3) is 0 Å². The van der Waals surface area contributed by atoms with Gasteiger partial charge in [0.2, 0.25) is 5.95 Å². The van der Waals surface area contributed by atoms with Crippen molar-refractivity contribution in [3.05, 3.63) is 52.8 Å². The van der Waals surface area contributed by atoms with Gasteiger partial charge >= 0.3 is 0 Å². The lowest BCUT2D eigenvalue weighted by atomic mass is 10.3. The van der Waals surface area contributed by atoms with Crippen molar-refractivity contribution < 1.29 is 4.39 Å². The molecule has 3 aromatic rings. The van der Waals surface area contributed by atoms with E-state index in [1.54, 1.807) is 16.7 Å². The number of hydrogen-bond donors (Lipinski definition) is 1. The number of benzene rings is 2. The summed E-state index contributed by atoms with van der Waals surface area (Å²) in [6, 6.07) is 11.9. The van der Waals surface area contributed by atoms with Crippen molar-refractivity contribution in [2.75, 3.05) is 5.73 Å². The van der Waals surface area contributed by atoms with Gasteiger partial charge < -0.3 is 5.73 Å². The van der Waals surface area contributed by atoms with Crippen LogP contribution in [0.15, 0.2) is 46.9 Å². The van der Waals surface area contributed by atoms with E-state index in [0.717, 1.165) is 21.2 Å². The van der Waals surface area contributed by atoms with E-state index in [4.69, 9.17) is 5.73 Å². The summed E-state index contributed by atoms with van der Waals surface area (Å²) in [6.07, 6.45) is 0. The highest BCUT2D eigenvalue weighted by molar-refractivity contribution is 9.10. The summed E-state index contributed by atoms with van der Waals surface area (Å²) in [4.78, 5) is 4.29. The number of hydrogen-bond acceptors (Lipinski definition) is 2. The third kappa shape index (κ3) is 1.76. The van der Waals surface area contributed by atoms with Gasteiger partial charge in [0.05, 0.1) is 11.0 Å². The molecule has 0 amide bonds. The average molecular weight is 306 g/mol. The van der Waals surface area contributed by atoms with Gasteiger partial charge in [-0.1, -0.05) is 15.9 Å². The summed E-state index contributed by atoms with van der Waals surface area (Å²) in [5.41, 5.74) is 8.40. The Morgan fingerprint density at radius 1 is 1.11 bits per heavy atom. The van der Waals surface area contributed by atoms with E-state index in [1.165, 1.54) is 12.1 Å². The minimum absolute atomic E-state index is 0.274. The summed E-state index contributed by atoms with van der Waals surface area (Å²) in [5, 5.41) is 0. The fourth-order valence-corrected chi connectivity index (χ4v) is 2.28. The summed E-state index contributed by atoms with van der Waals surface area (Å²) in [7, 11) is 0. The zero-order valence-electron chi connectivity index (χ0n) is 9.27. The van der Waals surface area contributed by atoms with E-state index >= 15 is 0 Å². The van der Waals surface area contributed by atoms with Crippen LogP contribution in [0, 0.1) is 5.82 Å². The molecule has 2 aromatic carbocycles. The molecule has 0 aliphatic heterocycles. The quantitative estimate of drug-likeness (QED) is 0.747. The van der Waals surface area contributed by atoms with Crippen molar-refractivity contribution >= 4 is 32.9 Å². The van der Waals surface area contributed by atoms with Crippen LogP contribution in [0.1, 0.15) is 0 Å². The van der Waals surface area contributed by atoms with Gasteiger partial charge in [-0.2, -0.15) is 0 Å². The number of rotatable bonds is 1. The zero-order valence-corrected chi connectivity index (χ0v) is 10.9. The second-order valence-electron chi connectivity index (χ2n) is 3.91. The molecule has 18 heavy (non-hydrogen) atoms. The van der Waals surface area contributed by atoms with Gasteiger partial charge in [0.1, 0.15) is 5.82 Å². The van der Waals surface area contributed by atoms with E-state index in [2.05, 4.69) is 20.9 Å². The van der Waals surface area contributed by atoms with Crippen molar-refractivity contribution in [1.29, 1.82) is 0 Å². The molecule has 0 fully saturated rings. The fraction of sp³-hybridized carbons (Fsp3) is 0. The first-order valence-corrected chi connectivity index (χ1v) is 6.14. The Balaban J connectivity index is 2.28. The minimum Gasteiger partial charge on any atom is -0.369 e. The first-order chi connectivity index (χ1) is 8.65. The molecule has 1 aromatic heterocycles. The maximum Gasteiger partial charge on any atom is 0.205 e. The first-order valence-electron chi connectivity index (χ1n) is 5.34. The van der Waals surface area contributed by atoms with Crippen LogP contribution < -0.4 is 5.73 Å². The number of aromatic nitrogens is 2. The smallest absolute Gasteiger partial charge is 0.205 e. The summed E-state index contributed by atoms with van der Waals surface area (Å²) >= 11 is 3.39. The largest absolute Gasteiger partial charge is 0.369 e. The van der Waals surface area contributed by atoms with Crippen molar-refractivity contribution in [2.24, 2.45) is 0 Å². The van der Waals surface area contributed by atoms with Gasteiger partial charge in [-0.15, -0.1) is 0 Å². The zero-order chi connectivity index (χ0) is 12.7. The normalized spacial score (nSPS) is 11.0. The molecular formula is C13H9BrFN3. The van der Waals surface area contributed by atoms with Crippen LogP contribution in [-0.4, -0.2) is 9.55 Å². The summed E-state index contributed by atoms with van der Waals surface area (Å²) in [6.45, 7) is 0. The second kappa shape index (κ2) is 4.10. The highest BCUT2D eigenvalue weighted by Gasteiger charge is 2.10. The summed E-state index contributed by atoms with van der Waals surface area (Å²) < 4.78 is 15.7. The van der Waals surface area contributed by atoms with Crippen molar-refractivity contribution in [2.45, 2.75) is 0 Å². The molecule has 0 bridgehead atoms. The van der Waals surface area contributed by atoms with Gasteiger partial charge in [0.15, 0.2) is 0 Å². The Kier molecular flexibility index (Phi) is 2.56. The molecule has 1 heterocycles. The molecule has 5 heteroatoms. The molecule has 0 atom stereocenters. The van der Waals surface area contributed by atoms with Gasteiger partial charge in [-0.25, -0.2) is 9.37 Å². The number of halogens is 2. The van der Waals surface area contributed by atoms with Crippen LogP contribution in [0.4, 0.5) is 10.3 Å². The fourth-order valence-electron chi connectivity index (χ4n) is 1.93. The van der Waals surface area contributed by atoms with E-state index in [0.29, 0.717) is 5.95 Å². The van der Waals surface area contributed by atoms with Crippen molar-refractivity contribution in [1.82, 2.24) is 9.55 Å². The lowest BCUT2D eigenvalue weighted by Gasteiger charge is -2.06. The Labute approximate surface area is 111 Å². The van der Waals surface area contributed by atoms with Crippen LogP contribution in [0.25, 0.3) is 16.7 Å². The third-order valence-electron chi connectivity index (χ3n) is 2.73. The van der Waals surface area contributed by atoms with E-state index in [9.17, 15) is 4.39 Å². The Morgan fingerprint density at radius 2 is 1.83 bits per heavy atom. The van der Waals surface area contributed by atoms with E-state index in [-0.39, 0.29) is 5.82 Å². The number of nitrogens with two attached hydrogens (primary N) is 1. The molecule has 0 unspecified atom stereocenters. The van der Waals surface area contributed by atoms with Crippen molar-refractivity contribution in [3.8, 4) is 5.69 Å². The molecule has 3 rings (SSSR count). The monoisotopic (exact) mass is 305 g/mol. The highest BCUT2D eigenvalue weighted by atomic mass is 79.9. The minimum atomic E-state index is -0.274. The van der Waals surface area contributed by atoms with Crippen LogP contribution >= 0.6 is 15.9 Å². The predicted octanol–water partition coefficient (Wildman–Crippen LogP) is 3.51. The Hall–Kier alpha value is -1.88. The van der Waals surface area contributed by atoms with Gasteiger partial charge in [0, 0.05) is 10.2 Å². The maximum atomic E-state index is 12.9. The molecule has 0 saturated heterocycles. The van der Waals surface area contributed by atoms with Crippen LogP contribution in [-0.2, 0) is 0 Å². The molecule has 0 aliphatic carbocycles. The molecular weight excluding hydrogens is 297 g/mol. The SMILES string of the molecule is Nc1nc2cc(Br)ccc2n1-c1ccc(F)cc1. The standard InChI is InChI=1S/C13H9BrFN3/c14-8-1-6-12-11(7-8)17-13(16)18(12)10-4-2-9(15)3-5-10/h1-7H,(H2,16,17). The van der Waals surface area contributed by atoms with Crippen LogP contribution in [0.2, 0.25) is 0 Å². The maximum absolute atomic E-state index is 12.9. The molecule has 90 valence electrons. The molecule has 0 spiro atoms. The highest BCUT2D eigenvalue weighted by Crippen LogP contribution is 2.25. The van der Waals surface area contributed by atoms with Crippen LogP contribution in [0.3, 0.4) is 0 Å². The number of nitrogens with zero attached hydrogens (tertiary/aromatic N) is 2. The topological polar surface area (TPSA) is 43.8 Å². The molecule has 0 radical (unpaired) electrons. The third-order valence-corrected chi connectivity index (χ3v) is 3.22. The number of anilines is 1. The molecule has 0 aliphatic rings. The van der Waals surface area contributed by atoms with Crippen LogP contribution in [0.5, 0.6) is 0 Å². The Bertz CT molecular complexity index is 719. The first kappa shape index (κ1) is 11.2. The van der Waals surface area contributed by atoms with E-state index < -0.39 is 0 Å². The molecule has 3 nitrogen and oxygen atoms in total. The lowest BCUT2D eigenvalue weighted by Crippen LogP contribution is -2.00. The second-order valence-corrected chi connectivity index (χ2v) is 4.83. The van der Waals surface area contributed by atoms with Crippen molar-refractivity contribution in [3.63, 3.8) is 0 Å².